The van der Waals surface area contributed by atoms with Gasteiger partial charge in [-0.05, 0) is 31.4 Å². The minimum absolute atomic E-state index is 0.141. The molecule has 0 aromatic heterocycles. The van der Waals surface area contributed by atoms with E-state index in [-0.39, 0.29) is 11.9 Å². The van der Waals surface area contributed by atoms with E-state index in [4.69, 9.17) is 9.84 Å². The molecule has 1 saturated heterocycles. The Bertz CT molecular complexity index is 350. The van der Waals surface area contributed by atoms with Gasteiger partial charge in [-0.2, -0.15) is 11.8 Å². The maximum absolute atomic E-state index is 12.1. The molecule has 1 amide bonds. The van der Waals surface area contributed by atoms with Crippen molar-refractivity contribution in [2.75, 3.05) is 5.75 Å². The standard InChI is InChI=1S/C13H21NO4S/c1-2-19-11-5-3-4-8(11)14-12(15)9-6-7-10(18-9)13(16)17/h8-11H,2-7H2,1H3,(H,14,15)(H,16,17)/t8?,9-,10+,11?/m0/s1. The zero-order valence-corrected chi connectivity index (χ0v) is 11.9. The van der Waals surface area contributed by atoms with Crippen molar-refractivity contribution in [3.8, 4) is 0 Å². The van der Waals surface area contributed by atoms with Crippen molar-refractivity contribution >= 4 is 23.6 Å². The molecule has 5 nitrogen and oxygen atoms in total. The number of ether oxygens (including phenoxy) is 1. The summed E-state index contributed by atoms with van der Waals surface area (Å²) >= 11 is 1.89. The Morgan fingerprint density at radius 3 is 2.63 bits per heavy atom. The topological polar surface area (TPSA) is 75.6 Å². The molecule has 1 saturated carbocycles. The van der Waals surface area contributed by atoms with Crippen LogP contribution in [0.5, 0.6) is 0 Å². The first-order valence-electron chi connectivity index (χ1n) is 6.92. The van der Waals surface area contributed by atoms with Gasteiger partial charge in [0, 0.05) is 11.3 Å². The predicted molar refractivity (Wildman–Crippen MR) is 73.2 cm³/mol. The summed E-state index contributed by atoms with van der Waals surface area (Å²) in [5.41, 5.74) is 0. The van der Waals surface area contributed by atoms with Crippen LogP contribution in [0.4, 0.5) is 0 Å². The van der Waals surface area contributed by atoms with Crippen LogP contribution in [0, 0.1) is 0 Å². The van der Waals surface area contributed by atoms with Gasteiger partial charge in [0.05, 0.1) is 0 Å². The van der Waals surface area contributed by atoms with E-state index in [2.05, 4.69) is 12.2 Å². The van der Waals surface area contributed by atoms with Gasteiger partial charge in [0.1, 0.15) is 6.10 Å². The quantitative estimate of drug-likeness (QED) is 0.799. The van der Waals surface area contributed by atoms with Crippen LogP contribution in [0.25, 0.3) is 0 Å². The van der Waals surface area contributed by atoms with Gasteiger partial charge in [-0.25, -0.2) is 4.79 Å². The summed E-state index contributed by atoms with van der Waals surface area (Å²) in [6.45, 7) is 2.12. The average Bonchev–Trinajstić information content (AvgIpc) is 2.99. The van der Waals surface area contributed by atoms with Gasteiger partial charge in [-0.1, -0.05) is 13.3 Å². The first kappa shape index (κ1) is 14.7. The van der Waals surface area contributed by atoms with E-state index in [9.17, 15) is 9.59 Å². The molecule has 19 heavy (non-hydrogen) atoms. The Kier molecular flexibility index (Phi) is 5.10. The van der Waals surface area contributed by atoms with E-state index in [1.165, 1.54) is 0 Å². The van der Waals surface area contributed by atoms with Crippen LogP contribution < -0.4 is 5.32 Å². The Labute approximate surface area is 117 Å². The summed E-state index contributed by atoms with van der Waals surface area (Å²) < 4.78 is 5.27. The van der Waals surface area contributed by atoms with Crippen molar-refractivity contribution in [3.63, 3.8) is 0 Å². The Morgan fingerprint density at radius 1 is 1.26 bits per heavy atom. The van der Waals surface area contributed by atoms with Gasteiger partial charge in [-0.15, -0.1) is 0 Å². The van der Waals surface area contributed by atoms with E-state index < -0.39 is 18.2 Å². The molecule has 1 aliphatic heterocycles. The number of thioether (sulfide) groups is 1. The van der Waals surface area contributed by atoms with E-state index in [0.717, 1.165) is 25.0 Å². The third kappa shape index (κ3) is 3.63. The minimum atomic E-state index is -0.976. The molecule has 108 valence electrons. The molecule has 2 rings (SSSR count). The molecule has 2 unspecified atom stereocenters. The van der Waals surface area contributed by atoms with E-state index in [1.807, 2.05) is 11.8 Å². The maximum Gasteiger partial charge on any atom is 0.332 e. The highest BCUT2D eigenvalue weighted by Crippen LogP contribution is 2.30. The number of aliphatic carboxylic acids is 1. The highest BCUT2D eigenvalue weighted by Gasteiger charge is 2.37. The van der Waals surface area contributed by atoms with Crippen molar-refractivity contribution < 1.29 is 19.4 Å². The largest absolute Gasteiger partial charge is 0.479 e. The minimum Gasteiger partial charge on any atom is -0.479 e. The summed E-state index contributed by atoms with van der Waals surface area (Å²) in [5, 5.41) is 12.4. The van der Waals surface area contributed by atoms with Crippen molar-refractivity contribution in [1.82, 2.24) is 5.32 Å². The van der Waals surface area contributed by atoms with Gasteiger partial charge in [0.2, 0.25) is 5.91 Å². The Hall–Kier alpha value is -0.750. The van der Waals surface area contributed by atoms with Crippen LogP contribution in [-0.2, 0) is 14.3 Å². The summed E-state index contributed by atoms with van der Waals surface area (Å²) in [5.74, 6) is -0.0640. The van der Waals surface area contributed by atoms with E-state index in [1.54, 1.807) is 0 Å². The zero-order chi connectivity index (χ0) is 13.8. The summed E-state index contributed by atoms with van der Waals surface area (Å²) in [6, 6.07) is 0.213. The Balaban J connectivity index is 1.82. The van der Waals surface area contributed by atoms with Gasteiger partial charge in [0.25, 0.3) is 0 Å². The lowest BCUT2D eigenvalue weighted by atomic mass is 10.1. The zero-order valence-electron chi connectivity index (χ0n) is 11.1. The molecule has 4 atom stereocenters. The molecule has 2 N–H and O–H groups in total. The Morgan fingerprint density at radius 2 is 2.00 bits per heavy atom. The van der Waals surface area contributed by atoms with Crippen molar-refractivity contribution in [2.45, 2.75) is 62.5 Å². The first-order chi connectivity index (χ1) is 9.11. The SMILES string of the molecule is CCSC1CCCC1NC(=O)[C@@H]1CC[C@H](C(=O)O)O1. The molecule has 0 aromatic rings. The van der Waals surface area contributed by atoms with Gasteiger partial charge < -0.3 is 15.2 Å². The summed E-state index contributed by atoms with van der Waals surface area (Å²) in [4.78, 5) is 22.9. The summed E-state index contributed by atoms with van der Waals surface area (Å²) in [6.07, 6.45) is 2.82. The number of hydrogen-bond donors (Lipinski definition) is 2. The maximum atomic E-state index is 12.1. The van der Waals surface area contributed by atoms with Crippen molar-refractivity contribution in [3.05, 3.63) is 0 Å². The van der Waals surface area contributed by atoms with E-state index >= 15 is 0 Å². The molecule has 0 aromatic carbocycles. The number of carboxylic acids is 1. The average molecular weight is 287 g/mol. The molecule has 0 spiro atoms. The van der Waals surface area contributed by atoms with Crippen LogP contribution in [0.3, 0.4) is 0 Å². The second-order valence-electron chi connectivity index (χ2n) is 5.07. The number of rotatable bonds is 5. The molecule has 2 fully saturated rings. The number of nitrogens with one attached hydrogen (secondary N) is 1. The number of carboxylic acid groups (broad SMARTS) is 1. The van der Waals surface area contributed by atoms with Gasteiger partial charge >= 0.3 is 5.97 Å². The molecule has 0 bridgehead atoms. The lowest BCUT2D eigenvalue weighted by Gasteiger charge is -2.22. The monoisotopic (exact) mass is 287 g/mol. The normalized spacial score (nSPS) is 34.4. The fourth-order valence-corrected chi connectivity index (χ4v) is 3.99. The van der Waals surface area contributed by atoms with Crippen LogP contribution in [0.1, 0.15) is 39.0 Å². The first-order valence-corrected chi connectivity index (χ1v) is 7.97. The lowest BCUT2D eigenvalue weighted by molar-refractivity contribution is -0.151. The third-order valence-electron chi connectivity index (χ3n) is 3.75. The second kappa shape index (κ2) is 6.61. The highest BCUT2D eigenvalue weighted by atomic mass is 32.2. The van der Waals surface area contributed by atoms with E-state index in [0.29, 0.717) is 18.1 Å². The molecule has 2 aliphatic rings. The molecular formula is C13H21NO4S. The lowest BCUT2D eigenvalue weighted by Crippen LogP contribution is -2.44. The number of amides is 1. The molecule has 1 aliphatic carbocycles. The van der Waals surface area contributed by atoms with Crippen LogP contribution in [0.2, 0.25) is 0 Å². The fraction of sp³-hybridized carbons (Fsp3) is 0.846. The third-order valence-corrected chi connectivity index (χ3v) is 5.07. The van der Waals surface area contributed by atoms with Crippen LogP contribution >= 0.6 is 11.8 Å². The smallest absolute Gasteiger partial charge is 0.332 e. The number of carbonyl (C=O) groups is 2. The number of hydrogen-bond acceptors (Lipinski definition) is 4. The molecule has 6 heteroatoms. The molecule has 1 heterocycles. The van der Waals surface area contributed by atoms with Crippen LogP contribution in [0.15, 0.2) is 0 Å². The van der Waals surface area contributed by atoms with Crippen molar-refractivity contribution in [2.24, 2.45) is 0 Å². The van der Waals surface area contributed by atoms with Gasteiger partial charge in [-0.3, -0.25) is 4.79 Å². The summed E-state index contributed by atoms with van der Waals surface area (Å²) in [7, 11) is 0. The predicted octanol–water partition coefficient (Wildman–Crippen LogP) is 1.41. The fourth-order valence-electron chi connectivity index (χ4n) is 2.79. The van der Waals surface area contributed by atoms with Crippen molar-refractivity contribution in [1.29, 1.82) is 0 Å². The second-order valence-corrected chi connectivity index (χ2v) is 6.58. The number of carbonyl (C=O) groups excluding carboxylic acids is 1. The molecular weight excluding hydrogens is 266 g/mol. The van der Waals surface area contributed by atoms with Gasteiger partial charge in [0.15, 0.2) is 6.10 Å². The molecule has 0 radical (unpaired) electrons. The van der Waals surface area contributed by atoms with Crippen LogP contribution in [-0.4, -0.2) is 46.2 Å². The highest BCUT2D eigenvalue weighted by molar-refractivity contribution is 7.99.